The van der Waals surface area contributed by atoms with Crippen LogP contribution in [0, 0.1) is 0 Å². The highest BCUT2D eigenvalue weighted by Gasteiger charge is 2.61. The van der Waals surface area contributed by atoms with Gasteiger partial charge in [0.15, 0.2) is 17.5 Å². The lowest BCUT2D eigenvalue weighted by Gasteiger charge is -2.38. The van der Waals surface area contributed by atoms with Crippen molar-refractivity contribution in [2.75, 3.05) is 32.1 Å². The van der Waals surface area contributed by atoms with E-state index in [0.717, 1.165) is 4.31 Å². The normalized spacial score (nSPS) is 21.7. The quantitative estimate of drug-likeness (QED) is 0.407. The molecule has 0 radical (unpaired) electrons. The van der Waals surface area contributed by atoms with Crippen LogP contribution in [-0.2, 0) is 25.2 Å². The number of ether oxygens (including phenoxy) is 2. The first-order chi connectivity index (χ1) is 20.0. The third kappa shape index (κ3) is 4.64. The number of fused-ring (bicyclic) bond motifs is 1. The van der Waals surface area contributed by atoms with Gasteiger partial charge in [0.25, 0.3) is 15.9 Å². The van der Waals surface area contributed by atoms with Crippen LogP contribution in [0.15, 0.2) is 65.6 Å². The fraction of sp³-hybridized carbons (Fsp3) is 0.310. The molecule has 5 rings (SSSR count). The molecule has 222 valence electrons. The highest BCUT2D eigenvalue weighted by Crippen LogP contribution is 2.53. The Morgan fingerprint density at radius 1 is 1.00 bits per heavy atom. The lowest BCUT2D eigenvalue weighted by Crippen LogP contribution is -2.59. The van der Waals surface area contributed by atoms with Crippen molar-refractivity contribution in [3.63, 3.8) is 0 Å². The summed E-state index contributed by atoms with van der Waals surface area (Å²) >= 11 is 13.0. The van der Waals surface area contributed by atoms with E-state index in [2.05, 4.69) is 5.32 Å². The number of rotatable bonds is 7. The molecule has 2 heterocycles. The number of halogens is 2. The number of nitrogens with zero attached hydrogens (tertiary/aromatic N) is 2. The molecule has 1 fully saturated rings. The first-order valence-corrected chi connectivity index (χ1v) is 15.3. The zero-order valence-corrected chi connectivity index (χ0v) is 25.3. The third-order valence-electron chi connectivity index (χ3n) is 7.75. The van der Waals surface area contributed by atoms with E-state index >= 15 is 0 Å². The molecule has 1 saturated heterocycles. The van der Waals surface area contributed by atoms with Crippen LogP contribution in [0.25, 0.3) is 0 Å². The molecular weight excluding hydrogens is 605 g/mol. The summed E-state index contributed by atoms with van der Waals surface area (Å²) < 4.78 is 40.6. The molecule has 0 spiro atoms. The molecule has 3 aromatic rings. The van der Waals surface area contributed by atoms with Gasteiger partial charge >= 0.3 is 0 Å². The number of aliphatic hydroxyl groups is 1. The number of amides is 2. The van der Waals surface area contributed by atoms with Crippen molar-refractivity contribution in [3.8, 4) is 11.5 Å². The minimum atomic E-state index is -4.58. The summed E-state index contributed by atoms with van der Waals surface area (Å²) in [4.78, 5) is 28.5. The van der Waals surface area contributed by atoms with Crippen molar-refractivity contribution in [1.82, 2.24) is 10.2 Å². The van der Waals surface area contributed by atoms with E-state index in [9.17, 15) is 23.1 Å². The van der Waals surface area contributed by atoms with Gasteiger partial charge in [0, 0.05) is 40.8 Å². The molecule has 2 N–H and O–H groups in total. The number of likely N-dealkylation sites (tertiary alicyclic amines) is 1. The Bertz CT molecular complexity index is 1670. The van der Waals surface area contributed by atoms with Gasteiger partial charge < -0.3 is 24.8 Å². The molecule has 0 saturated carbocycles. The van der Waals surface area contributed by atoms with Gasteiger partial charge in [0.05, 0.1) is 24.8 Å². The van der Waals surface area contributed by atoms with Crippen LogP contribution < -0.4 is 19.1 Å². The molecule has 3 aromatic carbocycles. The molecule has 10 nitrogen and oxygen atoms in total. The Balaban J connectivity index is 1.79. The van der Waals surface area contributed by atoms with Crippen molar-refractivity contribution in [3.05, 3.63) is 81.8 Å². The van der Waals surface area contributed by atoms with Gasteiger partial charge in [0.1, 0.15) is 11.6 Å². The van der Waals surface area contributed by atoms with Crippen molar-refractivity contribution >= 4 is 50.7 Å². The molecule has 2 aliphatic rings. The molecule has 3 atom stereocenters. The van der Waals surface area contributed by atoms with E-state index in [-0.39, 0.29) is 44.0 Å². The maximum absolute atomic E-state index is 14.6. The molecule has 2 unspecified atom stereocenters. The van der Waals surface area contributed by atoms with Crippen LogP contribution in [0.3, 0.4) is 0 Å². The topological polar surface area (TPSA) is 125 Å². The van der Waals surface area contributed by atoms with Gasteiger partial charge in [-0.25, -0.2) is 12.7 Å². The Kier molecular flexibility index (Phi) is 8.06. The van der Waals surface area contributed by atoms with Crippen molar-refractivity contribution in [1.29, 1.82) is 0 Å². The SMILES string of the molecule is CNC(=O)[C@@H]1CCCN1C(=O)C1N(S(=O)(=O)c2ccc(OC)c(OC)c2)c2ccc(Cl)cc2C1(O)c1ccccc1Cl. The second kappa shape index (κ2) is 11.3. The van der Waals surface area contributed by atoms with E-state index in [1.54, 1.807) is 12.1 Å². The minimum Gasteiger partial charge on any atom is -0.493 e. The van der Waals surface area contributed by atoms with E-state index in [1.165, 1.54) is 74.7 Å². The number of hydrogen-bond acceptors (Lipinski definition) is 7. The number of anilines is 1. The number of sulfonamides is 1. The van der Waals surface area contributed by atoms with Gasteiger partial charge in [-0.15, -0.1) is 0 Å². The maximum Gasteiger partial charge on any atom is 0.265 e. The fourth-order valence-corrected chi connectivity index (χ4v) is 7.90. The van der Waals surface area contributed by atoms with Gasteiger partial charge in [-0.2, -0.15) is 0 Å². The second-order valence-electron chi connectivity index (χ2n) is 9.93. The van der Waals surface area contributed by atoms with Crippen molar-refractivity contribution < 1.29 is 32.6 Å². The van der Waals surface area contributed by atoms with Crippen LogP contribution in [0.5, 0.6) is 11.5 Å². The molecular formula is C29H29Cl2N3O7S. The first-order valence-electron chi connectivity index (χ1n) is 13.1. The number of methoxy groups -OCH3 is 2. The Morgan fingerprint density at radius 2 is 1.71 bits per heavy atom. The van der Waals surface area contributed by atoms with Gasteiger partial charge in [-0.3, -0.25) is 9.59 Å². The summed E-state index contributed by atoms with van der Waals surface area (Å²) in [5.74, 6) is -0.705. The highest BCUT2D eigenvalue weighted by atomic mass is 35.5. The summed E-state index contributed by atoms with van der Waals surface area (Å²) in [5, 5.41) is 15.6. The number of likely N-dealkylation sites (N-methyl/N-ethyl adjacent to an activating group) is 1. The summed E-state index contributed by atoms with van der Waals surface area (Å²) in [7, 11) is -0.323. The zero-order chi connectivity index (χ0) is 30.4. The lowest BCUT2D eigenvalue weighted by molar-refractivity contribution is -0.142. The van der Waals surface area contributed by atoms with Crippen LogP contribution in [0.1, 0.15) is 24.0 Å². The highest BCUT2D eigenvalue weighted by molar-refractivity contribution is 7.93. The predicted octanol–water partition coefficient (Wildman–Crippen LogP) is 3.56. The summed E-state index contributed by atoms with van der Waals surface area (Å²) in [6, 6.07) is 12.1. The molecule has 0 aliphatic carbocycles. The monoisotopic (exact) mass is 633 g/mol. The first kappa shape index (κ1) is 30.0. The fourth-order valence-electron chi connectivity index (χ4n) is 5.79. The average molecular weight is 635 g/mol. The molecule has 0 aromatic heterocycles. The average Bonchev–Trinajstić information content (AvgIpc) is 3.58. The van der Waals surface area contributed by atoms with E-state index in [0.29, 0.717) is 18.6 Å². The summed E-state index contributed by atoms with van der Waals surface area (Å²) in [6.07, 6.45) is 0.895. The van der Waals surface area contributed by atoms with E-state index in [4.69, 9.17) is 32.7 Å². The molecule has 0 bridgehead atoms. The van der Waals surface area contributed by atoms with Crippen LogP contribution in [0.4, 0.5) is 5.69 Å². The molecule has 2 amide bonds. The number of nitrogens with one attached hydrogen (secondary N) is 1. The van der Waals surface area contributed by atoms with Gasteiger partial charge in [-0.1, -0.05) is 41.4 Å². The molecule has 2 aliphatic heterocycles. The van der Waals surface area contributed by atoms with Gasteiger partial charge in [0.2, 0.25) is 5.91 Å². The van der Waals surface area contributed by atoms with Crippen LogP contribution in [-0.4, -0.2) is 70.1 Å². The molecule has 42 heavy (non-hydrogen) atoms. The maximum atomic E-state index is 14.6. The number of hydrogen-bond donors (Lipinski definition) is 2. The predicted molar refractivity (Wildman–Crippen MR) is 158 cm³/mol. The Hall–Kier alpha value is -3.51. The Morgan fingerprint density at radius 3 is 2.38 bits per heavy atom. The lowest BCUT2D eigenvalue weighted by atomic mass is 9.82. The molecule has 13 heteroatoms. The largest absolute Gasteiger partial charge is 0.493 e. The second-order valence-corrected chi connectivity index (χ2v) is 12.6. The Labute approximate surface area is 253 Å². The number of benzene rings is 3. The number of carbonyl (C=O) groups excluding carboxylic acids is 2. The van der Waals surface area contributed by atoms with E-state index < -0.39 is 39.5 Å². The summed E-state index contributed by atoms with van der Waals surface area (Å²) in [5.41, 5.74) is -2.07. The van der Waals surface area contributed by atoms with Crippen molar-refractivity contribution in [2.24, 2.45) is 0 Å². The van der Waals surface area contributed by atoms with E-state index in [1.807, 2.05) is 0 Å². The smallest absolute Gasteiger partial charge is 0.265 e. The van der Waals surface area contributed by atoms with Crippen LogP contribution >= 0.6 is 23.2 Å². The van der Waals surface area contributed by atoms with Crippen LogP contribution in [0.2, 0.25) is 10.0 Å². The zero-order valence-electron chi connectivity index (χ0n) is 23.0. The summed E-state index contributed by atoms with van der Waals surface area (Å²) in [6.45, 7) is 0.188. The standard InChI is InChI=1S/C29H29Cl2N3O7S/c1-32-27(35)23-9-6-14-33(23)28(36)26-29(37,19-7-4-5-8-21(19)31)20-15-17(30)10-12-22(20)34(26)42(38,39)18-11-13-24(40-2)25(16-18)41-3/h4-5,7-8,10-13,15-16,23,26,37H,6,9,14H2,1-3H3,(H,32,35)/t23-,26?,29?/m0/s1. The van der Waals surface area contributed by atoms with Crippen molar-refractivity contribution in [2.45, 2.75) is 35.4 Å². The third-order valence-corrected chi connectivity index (χ3v) is 10.1. The number of carbonyl (C=O) groups is 2. The minimum absolute atomic E-state index is 0.0330. The van der Waals surface area contributed by atoms with Gasteiger partial charge in [-0.05, 0) is 49.2 Å².